The number of halogens is 1. The Bertz CT molecular complexity index is 1250. The van der Waals surface area contributed by atoms with E-state index < -0.39 is 0 Å². The fourth-order valence-electron chi connectivity index (χ4n) is 3.07. The number of hydrogen-bond acceptors (Lipinski definition) is 4. The van der Waals surface area contributed by atoms with Crippen LogP contribution >= 0.6 is 23.8 Å². The normalized spacial score (nSPS) is 10.6. The Morgan fingerprint density at radius 1 is 1.06 bits per heavy atom. The zero-order valence-corrected chi connectivity index (χ0v) is 18.2. The van der Waals surface area contributed by atoms with Gasteiger partial charge < -0.3 is 9.73 Å². The molecule has 0 fully saturated rings. The van der Waals surface area contributed by atoms with Gasteiger partial charge in [0, 0.05) is 17.0 Å². The molecule has 6 nitrogen and oxygen atoms in total. The molecule has 0 bridgehead atoms. The Morgan fingerprint density at radius 2 is 1.84 bits per heavy atom. The fourth-order valence-corrected chi connectivity index (χ4v) is 3.32. The summed E-state index contributed by atoms with van der Waals surface area (Å²) in [5.74, 6) is 1.04. The molecule has 0 saturated carbocycles. The molecule has 0 radical (unpaired) electrons. The largest absolute Gasteiger partial charge is 0.460 e. The summed E-state index contributed by atoms with van der Waals surface area (Å²) in [4.78, 5) is 17.6. The molecule has 1 amide bonds. The van der Waals surface area contributed by atoms with Gasteiger partial charge in [0.2, 0.25) is 0 Å². The van der Waals surface area contributed by atoms with Crippen molar-refractivity contribution in [3.05, 3.63) is 88.6 Å². The first-order valence-electron chi connectivity index (χ1n) is 9.55. The molecule has 2 aromatic carbocycles. The van der Waals surface area contributed by atoms with Crippen molar-refractivity contribution in [2.24, 2.45) is 0 Å². The lowest BCUT2D eigenvalue weighted by atomic mass is 10.1. The van der Waals surface area contributed by atoms with Crippen molar-refractivity contribution in [2.45, 2.75) is 13.5 Å². The van der Waals surface area contributed by atoms with Crippen LogP contribution in [0.3, 0.4) is 0 Å². The number of aromatic nitrogens is 1. The average Bonchev–Trinajstić information content (AvgIpc) is 3.22. The van der Waals surface area contributed by atoms with Gasteiger partial charge in [0.05, 0.1) is 11.1 Å². The molecule has 2 aromatic heterocycles. The van der Waals surface area contributed by atoms with Gasteiger partial charge in [-0.25, -0.2) is 4.98 Å². The lowest BCUT2D eigenvalue weighted by Gasteiger charge is -2.13. The number of nitrogens with zero attached hydrogens (tertiary/aromatic N) is 1. The van der Waals surface area contributed by atoms with E-state index in [2.05, 4.69) is 21.2 Å². The van der Waals surface area contributed by atoms with Gasteiger partial charge in [-0.3, -0.25) is 15.6 Å². The standard InChI is InChI=1S/C23H19ClN4O2S/c1-14-6-11-21(30-14)20-12-18(17-4-2-3-5-19(17)26-20)22(29)27-28-23(31)25-13-15-7-9-16(24)10-8-15/h2-12H,13H2,1H3,(H,27,29)(H2,25,28,31). The quantitative estimate of drug-likeness (QED) is 0.307. The van der Waals surface area contributed by atoms with Gasteiger partial charge >= 0.3 is 0 Å². The number of carbonyl (C=O) groups is 1. The average molecular weight is 451 g/mol. The summed E-state index contributed by atoms with van der Waals surface area (Å²) in [6.07, 6.45) is 0. The maximum absolute atomic E-state index is 12.9. The highest BCUT2D eigenvalue weighted by atomic mass is 35.5. The monoisotopic (exact) mass is 450 g/mol. The number of carbonyl (C=O) groups excluding carboxylic acids is 1. The molecule has 31 heavy (non-hydrogen) atoms. The van der Waals surface area contributed by atoms with E-state index >= 15 is 0 Å². The Labute approximate surface area is 189 Å². The number of para-hydroxylation sites is 1. The first-order valence-corrected chi connectivity index (χ1v) is 10.3. The van der Waals surface area contributed by atoms with E-state index in [1.807, 2.05) is 67.6 Å². The second-order valence-electron chi connectivity index (χ2n) is 6.87. The van der Waals surface area contributed by atoms with E-state index in [0.717, 1.165) is 16.7 Å². The summed E-state index contributed by atoms with van der Waals surface area (Å²) < 4.78 is 5.68. The number of benzene rings is 2. The summed E-state index contributed by atoms with van der Waals surface area (Å²) in [5.41, 5.74) is 8.14. The van der Waals surface area contributed by atoms with Crippen LogP contribution in [-0.2, 0) is 6.54 Å². The third-order valence-corrected chi connectivity index (χ3v) is 5.11. The highest BCUT2D eigenvalue weighted by molar-refractivity contribution is 7.80. The van der Waals surface area contributed by atoms with Crippen molar-refractivity contribution in [3.8, 4) is 11.5 Å². The summed E-state index contributed by atoms with van der Waals surface area (Å²) in [7, 11) is 0. The van der Waals surface area contributed by atoms with Crippen molar-refractivity contribution in [1.82, 2.24) is 21.2 Å². The maximum atomic E-state index is 12.9. The minimum Gasteiger partial charge on any atom is -0.460 e. The molecule has 4 aromatic rings. The van der Waals surface area contributed by atoms with Crippen molar-refractivity contribution in [2.75, 3.05) is 0 Å². The molecule has 0 atom stereocenters. The van der Waals surface area contributed by atoms with Crippen LogP contribution in [0, 0.1) is 6.92 Å². The molecule has 0 spiro atoms. The molecule has 0 aliphatic heterocycles. The Balaban J connectivity index is 1.48. The van der Waals surface area contributed by atoms with Crippen molar-refractivity contribution in [3.63, 3.8) is 0 Å². The van der Waals surface area contributed by atoms with E-state index in [9.17, 15) is 4.79 Å². The van der Waals surface area contributed by atoms with Crippen LogP contribution in [0.2, 0.25) is 5.02 Å². The first kappa shape index (κ1) is 20.8. The number of amides is 1. The molecular weight excluding hydrogens is 432 g/mol. The molecule has 4 rings (SSSR count). The smallest absolute Gasteiger partial charge is 0.270 e. The van der Waals surface area contributed by atoms with E-state index in [4.69, 9.17) is 28.2 Å². The molecular formula is C23H19ClN4O2S. The third kappa shape index (κ3) is 5.02. The van der Waals surface area contributed by atoms with Crippen LogP contribution in [0.1, 0.15) is 21.7 Å². The molecule has 0 saturated heterocycles. The summed E-state index contributed by atoms with van der Waals surface area (Å²) in [6, 6.07) is 20.3. The van der Waals surface area contributed by atoms with Gasteiger partial charge in [-0.1, -0.05) is 41.9 Å². The lowest BCUT2D eigenvalue weighted by molar-refractivity contribution is 0.0945. The number of thiocarbonyl (C=S) groups is 1. The van der Waals surface area contributed by atoms with Crippen molar-refractivity contribution in [1.29, 1.82) is 0 Å². The molecule has 8 heteroatoms. The Morgan fingerprint density at radius 3 is 2.58 bits per heavy atom. The van der Waals surface area contributed by atoms with E-state index in [0.29, 0.717) is 39.2 Å². The number of pyridine rings is 1. The SMILES string of the molecule is Cc1ccc(-c2cc(C(=O)NNC(=S)NCc3ccc(Cl)cc3)c3ccccc3n2)o1. The van der Waals surface area contributed by atoms with Gasteiger partial charge in [0.1, 0.15) is 11.5 Å². The first-order chi connectivity index (χ1) is 15.0. The maximum Gasteiger partial charge on any atom is 0.270 e. The number of rotatable bonds is 4. The number of aryl methyl sites for hydroxylation is 1. The number of hydrogen-bond donors (Lipinski definition) is 3. The van der Waals surface area contributed by atoms with Gasteiger partial charge in [0.25, 0.3) is 5.91 Å². The minimum atomic E-state index is -0.334. The van der Waals surface area contributed by atoms with Gasteiger partial charge in [-0.05, 0) is 61.1 Å². The van der Waals surface area contributed by atoms with E-state index in [-0.39, 0.29) is 5.91 Å². The fraction of sp³-hybridized carbons (Fsp3) is 0.0870. The Kier molecular flexibility index (Phi) is 6.16. The highest BCUT2D eigenvalue weighted by Crippen LogP contribution is 2.26. The second-order valence-corrected chi connectivity index (χ2v) is 7.72. The summed E-state index contributed by atoms with van der Waals surface area (Å²) >= 11 is 11.2. The predicted molar refractivity (Wildman–Crippen MR) is 126 cm³/mol. The zero-order chi connectivity index (χ0) is 21.8. The predicted octanol–water partition coefficient (Wildman–Crippen LogP) is 4.77. The number of nitrogens with one attached hydrogen (secondary N) is 3. The van der Waals surface area contributed by atoms with Crippen molar-refractivity contribution >= 4 is 45.7 Å². The topological polar surface area (TPSA) is 79.2 Å². The molecule has 2 heterocycles. The van der Waals surface area contributed by atoms with Crippen LogP contribution in [0.5, 0.6) is 0 Å². The number of hydrazine groups is 1. The van der Waals surface area contributed by atoms with Gasteiger partial charge in [0.15, 0.2) is 10.9 Å². The van der Waals surface area contributed by atoms with Gasteiger partial charge in [-0.15, -0.1) is 0 Å². The lowest BCUT2D eigenvalue weighted by Crippen LogP contribution is -2.46. The van der Waals surface area contributed by atoms with E-state index in [1.54, 1.807) is 6.07 Å². The van der Waals surface area contributed by atoms with Crippen LogP contribution in [-0.4, -0.2) is 16.0 Å². The summed E-state index contributed by atoms with van der Waals surface area (Å²) in [6.45, 7) is 2.36. The molecule has 0 aliphatic rings. The number of fused-ring (bicyclic) bond motifs is 1. The van der Waals surface area contributed by atoms with E-state index in [1.165, 1.54) is 0 Å². The molecule has 3 N–H and O–H groups in total. The highest BCUT2D eigenvalue weighted by Gasteiger charge is 2.15. The summed E-state index contributed by atoms with van der Waals surface area (Å²) in [5, 5.41) is 4.73. The third-order valence-electron chi connectivity index (χ3n) is 4.61. The molecule has 0 unspecified atom stereocenters. The second kappa shape index (κ2) is 9.16. The molecule has 156 valence electrons. The van der Waals surface area contributed by atoms with Crippen LogP contribution in [0.15, 0.2) is 71.1 Å². The Hall–Kier alpha value is -3.42. The van der Waals surface area contributed by atoms with Crippen LogP contribution in [0.25, 0.3) is 22.4 Å². The number of furan rings is 1. The van der Waals surface area contributed by atoms with Crippen LogP contribution < -0.4 is 16.2 Å². The minimum absolute atomic E-state index is 0.295. The zero-order valence-electron chi connectivity index (χ0n) is 16.6. The van der Waals surface area contributed by atoms with Crippen LogP contribution in [0.4, 0.5) is 0 Å². The molecule has 0 aliphatic carbocycles. The van der Waals surface area contributed by atoms with Gasteiger partial charge in [-0.2, -0.15) is 0 Å². The van der Waals surface area contributed by atoms with Crippen molar-refractivity contribution < 1.29 is 9.21 Å².